The summed E-state index contributed by atoms with van der Waals surface area (Å²) in [6, 6.07) is 14.8. The first-order valence-electron chi connectivity index (χ1n) is 10.3. The number of rotatable bonds is 8. The van der Waals surface area contributed by atoms with Gasteiger partial charge in [-0.3, -0.25) is 4.79 Å². The number of hydrogen-bond donors (Lipinski definition) is 0. The second kappa shape index (κ2) is 9.85. The van der Waals surface area contributed by atoms with Crippen LogP contribution in [0.25, 0.3) is 5.69 Å². The summed E-state index contributed by atoms with van der Waals surface area (Å²) < 4.78 is 36.4. The lowest BCUT2D eigenvalue weighted by Gasteiger charge is -2.15. The van der Waals surface area contributed by atoms with Gasteiger partial charge < -0.3 is 18.9 Å². The van der Waals surface area contributed by atoms with E-state index in [-0.39, 0.29) is 11.5 Å². The topological polar surface area (TPSA) is 60.8 Å². The summed E-state index contributed by atoms with van der Waals surface area (Å²) in [7, 11) is 3.73. The normalized spacial score (nSPS) is 11.9. The SMILES string of the molecule is Cc1cc(C(=O)C(C)OC(=O)c2cccc(N(C)C)c2)c(C)n1-c1ccc(OC(F)F)cc1. The second-order valence-electron chi connectivity index (χ2n) is 7.85. The predicted octanol–water partition coefficient (Wildman–Crippen LogP) is 5.19. The molecule has 0 saturated heterocycles. The van der Waals surface area contributed by atoms with E-state index in [0.29, 0.717) is 22.5 Å². The molecule has 0 radical (unpaired) electrons. The highest BCUT2D eigenvalue weighted by atomic mass is 19.3. The van der Waals surface area contributed by atoms with Crippen molar-refractivity contribution in [2.24, 2.45) is 0 Å². The summed E-state index contributed by atoms with van der Waals surface area (Å²) >= 11 is 0. The zero-order valence-electron chi connectivity index (χ0n) is 19.1. The minimum atomic E-state index is -2.90. The average Bonchev–Trinajstić information content (AvgIpc) is 3.07. The lowest BCUT2D eigenvalue weighted by Crippen LogP contribution is -2.25. The Morgan fingerprint density at radius 3 is 2.27 bits per heavy atom. The van der Waals surface area contributed by atoms with Gasteiger partial charge in [-0.15, -0.1) is 0 Å². The molecule has 0 N–H and O–H groups in total. The third-order valence-electron chi connectivity index (χ3n) is 5.27. The van der Waals surface area contributed by atoms with Gasteiger partial charge in [-0.1, -0.05) is 6.07 Å². The van der Waals surface area contributed by atoms with E-state index in [4.69, 9.17) is 4.74 Å². The molecule has 1 heterocycles. The Kier molecular flexibility index (Phi) is 7.16. The number of hydrogen-bond acceptors (Lipinski definition) is 5. The Labute approximate surface area is 191 Å². The molecule has 3 aromatic rings. The summed E-state index contributed by atoms with van der Waals surface area (Å²) in [6.45, 7) is 2.25. The molecule has 1 atom stereocenters. The van der Waals surface area contributed by atoms with Crippen LogP contribution in [0.15, 0.2) is 54.6 Å². The average molecular weight is 456 g/mol. The number of esters is 1. The number of alkyl halides is 2. The van der Waals surface area contributed by atoms with Crippen LogP contribution >= 0.6 is 0 Å². The van der Waals surface area contributed by atoms with Crippen molar-refractivity contribution in [2.45, 2.75) is 33.5 Å². The molecule has 0 aliphatic heterocycles. The summed E-state index contributed by atoms with van der Waals surface area (Å²) in [5.74, 6) is -0.863. The largest absolute Gasteiger partial charge is 0.451 e. The van der Waals surface area contributed by atoms with Crippen LogP contribution in [0.1, 0.15) is 39.0 Å². The van der Waals surface area contributed by atoms with E-state index < -0.39 is 18.7 Å². The summed E-state index contributed by atoms with van der Waals surface area (Å²) in [5.41, 5.74) is 3.74. The molecule has 3 rings (SSSR count). The molecule has 0 aliphatic rings. The number of ketones is 1. The molecule has 0 aliphatic carbocycles. The minimum absolute atomic E-state index is 0.0476. The van der Waals surface area contributed by atoms with Crippen LogP contribution in [0.5, 0.6) is 5.75 Å². The fourth-order valence-corrected chi connectivity index (χ4v) is 3.60. The van der Waals surface area contributed by atoms with Crippen molar-refractivity contribution >= 4 is 17.4 Å². The summed E-state index contributed by atoms with van der Waals surface area (Å²) in [5, 5.41) is 0. The number of aryl methyl sites for hydroxylation is 1. The molecule has 8 heteroatoms. The number of Topliss-reactive ketones (excluding diaryl/α,β-unsaturated/α-hetero) is 1. The van der Waals surface area contributed by atoms with Crippen LogP contribution in [0.2, 0.25) is 0 Å². The number of carbonyl (C=O) groups excluding carboxylic acids is 2. The van der Waals surface area contributed by atoms with Gasteiger partial charge >= 0.3 is 12.6 Å². The summed E-state index contributed by atoms with van der Waals surface area (Å²) in [6.07, 6.45) is -0.990. The number of anilines is 1. The third kappa shape index (κ3) is 5.39. The molecule has 1 aromatic heterocycles. The van der Waals surface area contributed by atoms with E-state index >= 15 is 0 Å². The number of aromatic nitrogens is 1. The van der Waals surface area contributed by atoms with E-state index in [1.807, 2.05) is 36.6 Å². The van der Waals surface area contributed by atoms with Crippen molar-refractivity contribution in [3.05, 3.63) is 77.1 Å². The Morgan fingerprint density at radius 2 is 1.67 bits per heavy atom. The van der Waals surface area contributed by atoms with Crippen molar-refractivity contribution in [1.82, 2.24) is 4.57 Å². The van der Waals surface area contributed by atoms with Crippen LogP contribution in [-0.2, 0) is 4.74 Å². The van der Waals surface area contributed by atoms with Crippen molar-refractivity contribution in [2.75, 3.05) is 19.0 Å². The first kappa shape index (κ1) is 24.0. The van der Waals surface area contributed by atoms with Crippen molar-refractivity contribution in [3.8, 4) is 11.4 Å². The number of halogens is 2. The molecule has 6 nitrogen and oxygen atoms in total. The highest BCUT2D eigenvalue weighted by Gasteiger charge is 2.25. The van der Waals surface area contributed by atoms with Crippen LogP contribution < -0.4 is 9.64 Å². The molecule has 0 saturated carbocycles. The molecule has 0 fully saturated rings. The molecule has 1 unspecified atom stereocenters. The number of benzene rings is 2. The Bertz CT molecular complexity index is 1150. The molecule has 0 bridgehead atoms. The molecule has 0 spiro atoms. The van der Waals surface area contributed by atoms with Crippen LogP contribution in [0, 0.1) is 13.8 Å². The first-order valence-corrected chi connectivity index (χ1v) is 10.3. The standard InChI is InChI=1S/C25H26F2N2O4/c1-15-13-22(16(2)29(15)19-9-11-21(12-10-19)33-25(26)27)23(30)17(3)32-24(31)18-7-6-8-20(14-18)28(4)5/h6-14,17,25H,1-5H3. The molecule has 0 amide bonds. The molecule has 2 aromatic carbocycles. The monoisotopic (exact) mass is 456 g/mol. The van der Waals surface area contributed by atoms with Gasteiger partial charge in [0.15, 0.2) is 6.10 Å². The smallest absolute Gasteiger partial charge is 0.387 e. The maximum Gasteiger partial charge on any atom is 0.387 e. The van der Waals surface area contributed by atoms with E-state index in [9.17, 15) is 18.4 Å². The van der Waals surface area contributed by atoms with Gasteiger partial charge in [0, 0.05) is 42.4 Å². The molecular weight excluding hydrogens is 430 g/mol. The lowest BCUT2D eigenvalue weighted by atomic mass is 10.1. The van der Waals surface area contributed by atoms with Crippen molar-refractivity contribution in [3.63, 3.8) is 0 Å². The molecular formula is C25H26F2N2O4. The number of ether oxygens (including phenoxy) is 2. The van der Waals surface area contributed by atoms with Gasteiger partial charge in [0.05, 0.1) is 5.56 Å². The zero-order valence-corrected chi connectivity index (χ0v) is 19.1. The Balaban J connectivity index is 1.79. The third-order valence-corrected chi connectivity index (χ3v) is 5.27. The second-order valence-corrected chi connectivity index (χ2v) is 7.85. The van der Waals surface area contributed by atoms with Crippen LogP contribution in [0.4, 0.5) is 14.5 Å². The number of nitrogens with zero attached hydrogens (tertiary/aromatic N) is 2. The van der Waals surface area contributed by atoms with E-state index in [1.165, 1.54) is 12.1 Å². The minimum Gasteiger partial charge on any atom is -0.451 e. The lowest BCUT2D eigenvalue weighted by molar-refractivity contribution is -0.0498. The quantitative estimate of drug-likeness (QED) is 0.345. The number of carbonyl (C=O) groups is 2. The van der Waals surface area contributed by atoms with E-state index in [0.717, 1.165) is 11.4 Å². The van der Waals surface area contributed by atoms with Gasteiger partial charge in [-0.05, 0) is 69.3 Å². The zero-order chi connectivity index (χ0) is 24.3. The molecule has 174 valence electrons. The van der Waals surface area contributed by atoms with Crippen molar-refractivity contribution in [1.29, 1.82) is 0 Å². The Morgan fingerprint density at radius 1 is 1.00 bits per heavy atom. The van der Waals surface area contributed by atoms with E-state index in [1.54, 1.807) is 50.2 Å². The van der Waals surface area contributed by atoms with Gasteiger partial charge in [-0.25, -0.2) is 4.79 Å². The molecule has 33 heavy (non-hydrogen) atoms. The van der Waals surface area contributed by atoms with Gasteiger partial charge in [0.2, 0.25) is 5.78 Å². The highest BCUT2D eigenvalue weighted by Crippen LogP contribution is 2.25. The van der Waals surface area contributed by atoms with E-state index in [2.05, 4.69) is 4.74 Å². The fourth-order valence-electron chi connectivity index (χ4n) is 3.60. The van der Waals surface area contributed by atoms with Crippen LogP contribution in [-0.4, -0.2) is 43.1 Å². The summed E-state index contributed by atoms with van der Waals surface area (Å²) in [4.78, 5) is 27.5. The Hall–Kier alpha value is -3.68. The van der Waals surface area contributed by atoms with Gasteiger partial charge in [-0.2, -0.15) is 8.78 Å². The predicted molar refractivity (Wildman–Crippen MR) is 122 cm³/mol. The first-order chi connectivity index (χ1) is 15.6. The van der Waals surface area contributed by atoms with Gasteiger partial charge in [0.25, 0.3) is 0 Å². The maximum atomic E-state index is 13.1. The fraction of sp³-hybridized carbons (Fsp3) is 0.280. The van der Waals surface area contributed by atoms with Gasteiger partial charge in [0.1, 0.15) is 5.75 Å². The maximum absolute atomic E-state index is 13.1. The highest BCUT2D eigenvalue weighted by molar-refractivity contribution is 6.02. The van der Waals surface area contributed by atoms with Crippen molar-refractivity contribution < 1.29 is 27.8 Å². The van der Waals surface area contributed by atoms with Crippen LogP contribution in [0.3, 0.4) is 0 Å².